The van der Waals surface area contributed by atoms with Gasteiger partial charge in [0.25, 0.3) is 0 Å². The third-order valence-corrected chi connectivity index (χ3v) is 1.64. The van der Waals surface area contributed by atoms with Crippen LogP contribution in [0.25, 0.3) is 11.9 Å². The molecule has 2 heteroatoms. The summed E-state index contributed by atoms with van der Waals surface area (Å²) in [4.78, 5) is 0. The topological polar surface area (TPSA) is 0 Å². The number of rotatable bonds is 3. The molecular weight excluding hydrogens is 170 g/mol. The van der Waals surface area contributed by atoms with Crippen molar-refractivity contribution >= 4 is 11.9 Å². The van der Waals surface area contributed by atoms with Gasteiger partial charge in [-0.1, -0.05) is 43.0 Å². The average Bonchev–Trinajstić information content (AvgIpc) is 2.15. The zero-order valence-corrected chi connectivity index (χ0v) is 7.13. The first kappa shape index (κ1) is 9.65. The van der Waals surface area contributed by atoms with Crippen molar-refractivity contribution < 1.29 is 8.78 Å². The smallest absolute Gasteiger partial charge is 0.123 e. The third-order valence-electron chi connectivity index (χ3n) is 1.64. The highest BCUT2D eigenvalue weighted by Crippen LogP contribution is 2.19. The van der Waals surface area contributed by atoms with E-state index in [1.165, 1.54) is 6.08 Å². The minimum Gasteiger partial charge on any atom is -0.247 e. The van der Waals surface area contributed by atoms with Gasteiger partial charge in [0.15, 0.2) is 0 Å². The monoisotopic (exact) mass is 180 g/mol. The Bertz CT molecular complexity index is 327. The van der Waals surface area contributed by atoms with E-state index in [1.807, 2.05) is 0 Å². The summed E-state index contributed by atoms with van der Waals surface area (Å²) in [6.07, 6.45) is 2.88. The van der Waals surface area contributed by atoms with Crippen LogP contribution < -0.4 is 0 Å². The van der Waals surface area contributed by atoms with Crippen molar-refractivity contribution in [3.05, 3.63) is 48.0 Å². The van der Waals surface area contributed by atoms with E-state index in [1.54, 1.807) is 30.3 Å². The molecule has 0 aliphatic heterocycles. The summed E-state index contributed by atoms with van der Waals surface area (Å²) in [5.41, 5.74) is 1.06. The van der Waals surface area contributed by atoms with E-state index in [4.69, 9.17) is 0 Å². The van der Waals surface area contributed by atoms with Crippen molar-refractivity contribution in [3.63, 3.8) is 0 Å². The second-order valence-electron chi connectivity index (χ2n) is 2.55. The molecule has 0 radical (unpaired) electrons. The molecule has 1 rings (SSSR count). The maximum Gasteiger partial charge on any atom is 0.123 e. The van der Waals surface area contributed by atoms with Gasteiger partial charge in [0.1, 0.15) is 12.5 Å². The first-order valence-electron chi connectivity index (χ1n) is 3.92. The number of alkyl halides is 1. The Morgan fingerprint density at radius 1 is 1.38 bits per heavy atom. The molecule has 0 aliphatic carbocycles. The zero-order valence-electron chi connectivity index (χ0n) is 7.13. The summed E-state index contributed by atoms with van der Waals surface area (Å²) in [6, 6.07) is 6.81. The van der Waals surface area contributed by atoms with Crippen LogP contribution >= 0.6 is 0 Å². The zero-order chi connectivity index (χ0) is 9.68. The highest BCUT2D eigenvalue weighted by molar-refractivity contribution is 5.68. The Labute approximate surface area is 76.2 Å². The predicted molar refractivity (Wildman–Crippen MR) is 51.6 cm³/mol. The molecule has 0 spiro atoms. The van der Waals surface area contributed by atoms with E-state index < -0.39 is 12.5 Å². The average molecular weight is 180 g/mol. The van der Waals surface area contributed by atoms with Gasteiger partial charge < -0.3 is 0 Å². The van der Waals surface area contributed by atoms with Gasteiger partial charge in [-0.25, -0.2) is 8.78 Å². The van der Waals surface area contributed by atoms with Crippen molar-refractivity contribution in [2.75, 3.05) is 6.67 Å². The molecule has 0 heterocycles. The van der Waals surface area contributed by atoms with Crippen LogP contribution in [0.3, 0.4) is 0 Å². The van der Waals surface area contributed by atoms with Gasteiger partial charge >= 0.3 is 0 Å². The van der Waals surface area contributed by atoms with Gasteiger partial charge in [-0.2, -0.15) is 0 Å². The third kappa shape index (κ3) is 2.51. The fourth-order valence-corrected chi connectivity index (χ4v) is 1.06. The van der Waals surface area contributed by atoms with Gasteiger partial charge in [-0.05, 0) is 5.56 Å². The molecule has 0 fully saturated rings. The molecule has 68 valence electrons. The lowest BCUT2D eigenvalue weighted by Gasteiger charge is -2.00. The van der Waals surface area contributed by atoms with Gasteiger partial charge in [0.2, 0.25) is 0 Å². The quantitative estimate of drug-likeness (QED) is 0.666. The molecule has 0 saturated carbocycles. The van der Waals surface area contributed by atoms with Crippen molar-refractivity contribution in [3.8, 4) is 0 Å². The minimum absolute atomic E-state index is 0.409. The van der Waals surface area contributed by atoms with E-state index in [9.17, 15) is 8.78 Å². The van der Waals surface area contributed by atoms with Crippen LogP contribution in [0.2, 0.25) is 0 Å². The first-order chi connectivity index (χ1) is 6.25. The van der Waals surface area contributed by atoms with Crippen LogP contribution in [0.1, 0.15) is 11.1 Å². The Balaban J connectivity index is 3.05. The summed E-state index contributed by atoms with van der Waals surface area (Å²) < 4.78 is 24.6. The van der Waals surface area contributed by atoms with Gasteiger partial charge in [-0.3, -0.25) is 0 Å². The maximum absolute atomic E-state index is 12.8. The van der Waals surface area contributed by atoms with E-state index >= 15 is 0 Å². The van der Waals surface area contributed by atoms with Crippen LogP contribution in [0.4, 0.5) is 8.78 Å². The Morgan fingerprint density at radius 2 is 2.08 bits per heavy atom. The SMILES string of the molecule is C=C(F)c1ccccc1/C=C\CF. The van der Waals surface area contributed by atoms with Crippen molar-refractivity contribution in [1.29, 1.82) is 0 Å². The summed E-state index contributed by atoms with van der Waals surface area (Å²) in [5, 5.41) is 0. The molecule has 0 saturated heterocycles. The lowest BCUT2D eigenvalue weighted by molar-refractivity contribution is 0.563. The lowest BCUT2D eigenvalue weighted by atomic mass is 10.1. The molecule has 13 heavy (non-hydrogen) atoms. The number of benzene rings is 1. The van der Waals surface area contributed by atoms with Crippen LogP contribution in [-0.4, -0.2) is 6.67 Å². The molecule has 0 amide bonds. The fraction of sp³-hybridized carbons (Fsp3) is 0.0909. The Kier molecular flexibility index (Phi) is 3.38. The van der Waals surface area contributed by atoms with Gasteiger partial charge in [0, 0.05) is 5.56 Å². The van der Waals surface area contributed by atoms with E-state index in [0.717, 1.165) is 0 Å². The normalized spacial score (nSPS) is 10.6. The highest BCUT2D eigenvalue weighted by Gasteiger charge is 2.00. The largest absolute Gasteiger partial charge is 0.247 e. The molecule has 0 nitrogen and oxygen atoms in total. The van der Waals surface area contributed by atoms with Crippen LogP contribution in [0, 0.1) is 0 Å². The number of allylic oxidation sites excluding steroid dienone is 1. The van der Waals surface area contributed by atoms with E-state index in [0.29, 0.717) is 11.1 Å². The van der Waals surface area contributed by atoms with Crippen molar-refractivity contribution in [1.82, 2.24) is 0 Å². The summed E-state index contributed by atoms with van der Waals surface area (Å²) in [5.74, 6) is -0.501. The summed E-state index contributed by atoms with van der Waals surface area (Å²) >= 11 is 0. The van der Waals surface area contributed by atoms with Gasteiger partial charge in [-0.15, -0.1) is 0 Å². The minimum atomic E-state index is -0.549. The second kappa shape index (κ2) is 4.55. The number of hydrogen-bond donors (Lipinski definition) is 0. The van der Waals surface area contributed by atoms with Crippen LogP contribution in [-0.2, 0) is 0 Å². The maximum atomic E-state index is 12.8. The van der Waals surface area contributed by atoms with Crippen molar-refractivity contribution in [2.24, 2.45) is 0 Å². The lowest BCUT2D eigenvalue weighted by Crippen LogP contribution is -1.82. The standard InChI is InChI=1S/C11H10F2/c1-9(13)11-7-3-2-5-10(11)6-4-8-12/h2-7H,1,8H2/b6-4-. The Hall–Kier alpha value is -1.44. The molecule has 1 aromatic rings. The van der Waals surface area contributed by atoms with Gasteiger partial charge in [0.05, 0.1) is 0 Å². The number of halogens is 2. The second-order valence-corrected chi connectivity index (χ2v) is 2.55. The van der Waals surface area contributed by atoms with E-state index in [-0.39, 0.29) is 0 Å². The number of hydrogen-bond acceptors (Lipinski definition) is 0. The molecule has 0 unspecified atom stereocenters. The van der Waals surface area contributed by atoms with Crippen LogP contribution in [0.15, 0.2) is 36.9 Å². The predicted octanol–water partition coefficient (Wildman–Crippen LogP) is 3.61. The van der Waals surface area contributed by atoms with E-state index in [2.05, 4.69) is 6.58 Å². The Morgan fingerprint density at radius 3 is 2.69 bits per heavy atom. The molecule has 0 N–H and O–H groups in total. The van der Waals surface area contributed by atoms with Crippen molar-refractivity contribution in [2.45, 2.75) is 0 Å². The molecule has 1 aromatic carbocycles. The highest BCUT2D eigenvalue weighted by atomic mass is 19.1. The molecule has 0 atom stereocenters. The first-order valence-corrected chi connectivity index (χ1v) is 3.92. The molecule has 0 aliphatic rings. The fourth-order valence-electron chi connectivity index (χ4n) is 1.06. The summed E-state index contributed by atoms with van der Waals surface area (Å²) in [6.45, 7) is 2.65. The molecular formula is C11H10F2. The molecule has 0 aromatic heterocycles. The summed E-state index contributed by atoms with van der Waals surface area (Å²) in [7, 11) is 0. The van der Waals surface area contributed by atoms with Crippen LogP contribution in [0.5, 0.6) is 0 Å². The molecule has 0 bridgehead atoms.